The van der Waals surface area contributed by atoms with Gasteiger partial charge >= 0.3 is 0 Å². The van der Waals surface area contributed by atoms with Gasteiger partial charge in [-0.1, -0.05) is 32.0 Å². The number of nitrogens with zero attached hydrogens (tertiary/aromatic N) is 1. The smallest absolute Gasteiger partial charge is 0.0351 e. The lowest BCUT2D eigenvalue weighted by Crippen LogP contribution is -2.45. The average Bonchev–Trinajstić information content (AvgIpc) is 2.40. The van der Waals surface area contributed by atoms with Crippen molar-refractivity contribution in [1.29, 1.82) is 0 Å². The van der Waals surface area contributed by atoms with Crippen LogP contribution < -0.4 is 5.32 Å². The Labute approximate surface area is 118 Å². The summed E-state index contributed by atoms with van der Waals surface area (Å²) in [6.07, 6.45) is 1.25. The molecule has 19 heavy (non-hydrogen) atoms. The first-order valence-corrected chi connectivity index (χ1v) is 7.60. The predicted octanol–water partition coefficient (Wildman–Crippen LogP) is 3.30. The highest BCUT2D eigenvalue weighted by Crippen LogP contribution is 2.29. The molecule has 0 bridgehead atoms. The van der Waals surface area contributed by atoms with Crippen LogP contribution in [0.1, 0.15) is 43.0 Å². The Morgan fingerprint density at radius 3 is 2.37 bits per heavy atom. The van der Waals surface area contributed by atoms with E-state index in [2.05, 4.69) is 56.1 Å². The molecule has 0 unspecified atom stereocenters. The molecule has 0 radical (unpaired) electrons. The van der Waals surface area contributed by atoms with Crippen molar-refractivity contribution >= 4 is 0 Å². The van der Waals surface area contributed by atoms with Crippen molar-refractivity contribution in [3.8, 4) is 0 Å². The van der Waals surface area contributed by atoms with Crippen molar-refractivity contribution in [1.82, 2.24) is 10.2 Å². The summed E-state index contributed by atoms with van der Waals surface area (Å²) < 4.78 is 0. The number of hydrogen-bond acceptors (Lipinski definition) is 2. The van der Waals surface area contributed by atoms with Crippen LogP contribution in [0, 0.1) is 19.8 Å². The molecular weight excluding hydrogens is 232 g/mol. The maximum Gasteiger partial charge on any atom is 0.0351 e. The van der Waals surface area contributed by atoms with Gasteiger partial charge in [0.2, 0.25) is 0 Å². The fourth-order valence-electron chi connectivity index (χ4n) is 2.91. The summed E-state index contributed by atoms with van der Waals surface area (Å²) in [6, 6.07) is 7.59. The molecule has 2 heteroatoms. The van der Waals surface area contributed by atoms with Gasteiger partial charge in [-0.3, -0.25) is 4.90 Å². The van der Waals surface area contributed by atoms with E-state index < -0.39 is 0 Å². The first-order chi connectivity index (χ1) is 9.08. The van der Waals surface area contributed by atoms with Crippen molar-refractivity contribution in [2.75, 3.05) is 26.2 Å². The molecule has 0 aromatic heterocycles. The number of nitrogens with one attached hydrogen (secondary N) is 1. The van der Waals surface area contributed by atoms with Gasteiger partial charge in [0.15, 0.2) is 0 Å². The molecule has 1 atom stereocenters. The molecule has 1 saturated heterocycles. The average molecular weight is 260 g/mol. The largest absolute Gasteiger partial charge is 0.314 e. The third-order valence-corrected chi connectivity index (χ3v) is 4.20. The molecule has 1 heterocycles. The molecule has 1 aromatic rings. The van der Waals surface area contributed by atoms with Crippen LogP contribution in [0.4, 0.5) is 0 Å². The number of aryl methyl sites for hydroxylation is 2. The van der Waals surface area contributed by atoms with Crippen LogP contribution in [-0.4, -0.2) is 31.1 Å². The van der Waals surface area contributed by atoms with E-state index in [1.54, 1.807) is 0 Å². The minimum atomic E-state index is 0.585. The lowest BCUT2D eigenvalue weighted by Gasteiger charge is -2.36. The van der Waals surface area contributed by atoms with E-state index in [1.807, 2.05) is 0 Å². The van der Waals surface area contributed by atoms with E-state index in [-0.39, 0.29) is 0 Å². The van der Waals surface area contributed by atoms with Gasteiger partial charge in [0.05, 0.1) is 0 Å². The normalized spacial score (nSPS) is 18.8. The Balaban J connectivity index is 2.22. The molecule has 0 spiro atoms. The van der Waals surface area contributed by atoms with Crippen LogP contribution in [0.3, 0.4) is 0 Å². The molecular formula is C17H28N2. The Bertz CT molecular complexity index is 406. The Hall–Kier alpha value is -0.860. The standard InChI is InChI=1S/C17H28N2/c1-13(2)11-17(19-9-7-18-8-10-19)16-6-5-14(3)15(4)12-16/h5-6,12-13,17-18H,7-11H2,1-4H3/t17-/m1/s1. The monoisotopic (exact) mass is 260 g/mol. The lowest BCUT2D eigenvalue weighted by atomic mass is 9.93. The van der Waals surface area contributed by atoms with Gasteiger partial charge in [0, 0.05) is 32.2 Å². The van der Waals surface area contributed by atoms with Gasteiger partial charge in [0.25, 0.3) is 0 Å². The van der Waals surface area contributed by atoms with Crippen LogP contribution in [0.5, 0.6) is 0 Å². The molecule has 1 N–H and O–H groups in total. The molecule has 0 saturated carbocycles. The lowest BCUT2D eigenvalue weighted by molar-refractivity contribution is 0.154. The Morgan fingerprint density at radius 2 is 1.79 bits per heavy atom. The van der Waals surface area contributed by atoms with Gasteiger partial charge in [-0.05, 0) is 42.9 Å². The zero-order valence-corrected chi connectivity index (χ0v) is 12.9. The number of piperazine rings is 1. The Morgan fingerprint density at radius 1 is 1.11 bits per heavy atom. The fourth-order valence-corrected chi connectivity index (χ4v) is 2.91. The van der Waals surface area contributed by atoms with Gasteiger partial charge in [-0.25, -0.2) is 0 Å². The summed E-state index contributed by atoms with van der Waals surface area (Å²) in [7, 11) is 0. The van der Waals surface area contributed by atoms with Crippen molar-refractivity contribution in [3.05, 3.63) is 34.9 Å². The van der Waals surface area contributed by atoms with E-state index in [0.29, 0.717) is 6.04 Å². The van der Waals surface area contributed by atoms with E-state index in [1.165, 1.54) is 36.2 Å². The third-order valence-electron chi connectivity index (χ3n) is 4.20. The van der Waals surface area contributed by atoms with Gasteiger partial charge in [0.1, 0.15) is 0 Å². The number of hydrogen-bond donors (Lipinski definition) is 1. The van der Waals surface area contributed by atoms with E-state index in [0.717, 1.165) is 19.0 Å². The minimum Gasteiger partial charge on any atom is -0.314 e. The van der Waals surface area contributed by atoms with Crippen molar-refractivity contribution < 1.29 is 0 Å². The summed E-state index contributed by atoms with van der Waals surface area (Å²) >= 11 is 0. The van der Waals surface area contributed by atoms with Crippen LogP contribution in [-0.2, 0) is 0 Å². The summed E-state index contributed by atoms with van der Waals surface area (Å²) in [5, 5.41) is 3.45. The maximum atomic E-state index is 3.45. The van der Waals surface area contributed by atoms with Crippen molar-refractivity contribution in [3.63, 3.8) is 0 Å². The second-order valence-corrected chi connectivity index (χ2v) is 6.28. The molecule has 1 aliphatic rings. The molecule has 0 aliphatic carbocycles. The number of rotatable bonds is 4. The first-order valence-electron chi connectivity index (χ1n) is 7.60. The van der Waals surface area contributed by atoms with Crippen LogP contribution >= 0.6 is 0 Å². The minimum absolute atomic E-state index is 0.585. The van der Waals surface area contributed by atoms with Crippen LogP contribution in [0.2, 0.25) is 0 Å². The highest BCUT2D eigenvalue weighted by atomic mass is 15.2. The quantitative estimate of drug-likeness (QED) is 0.893. The molecule has 0 amide bonds. The van der Waals surface area contributed by atoms with Gasteiger partial charge < -0.3 is 5.32 Å². The predicted molar refractivity (Wildman–Crippen MR) is 82.6 cm³/mol. The van der Waals surface area contributed by atoms with E-state index in [9.17, 15) is 0 Å². The number of benzene rings is 1. The van der Waals surface area contributed by atoms with Crippen LogP contribution in [0.25, 0.3) is 0 Å². The molecule has 2 nitrogen and oxygen atoms in total. The van der Waals surface area contributed by atoms with Crippen molar-refractivity contribution in [2.45, 2.75) is 40.2 Å². The zero-order valence-electron chi connectivity index (χ0n) is 12.9. The molecule has 1 aliphatic heterocycles. The van der Waals surface area contributed by atoms with E-state index >= 15 is 0 Å². The van der Waals surface area contributed by atoms with Crippen molar-refractivity contribution in [2.24, 2.45) is 5.92 Å². The molecule has 1 aromatic carbocycles. The second kappa shape index (κ2) is 6.53. The van der Waals surface area contributed by atoms with Gasteiger partial charge in [-0.2, -0.15) is 0 Å². The molecule has 106 valence electrons. The molecule has 1 fully saturated rings. The third kappa shape index (κ3) is 3.80. The highest BCUT2D eigenvalue weighted by molar-refractivity contribution is 5.31. The maximum absolute atomic E-state index is 3.45. The first kappa shape index (κ1) is 14.5. The fraction of sp³-hybridized carbons (Fsp3) is 0.647. The topological polar surface area (TPSA) is 15.3 Å². The van der Waals surface area contributed by atoms with E-state index in [4.69, 9.17) is 0 Å². The highest BCUT2D eigenvalue weighted by Gasteiger charge is 2.23. The van der Waals surface area contributed by atoms with Gasteiger partial charge in [-0.15, -0.1) is 0 Å². The molecule has 2 rings (SSSR count). The summed E-state index contributed by atoms with van der Waals surface area (Å²) in [4.78, 5) is 2.65. The van der Waals surface area contributed by atoms with Crippen LogP contribution in [0.15, 0.2) is 18.2 Å². The SMILES string of the molecule is Cc1ccc([C@@H](CC(C)C)N2CCNCC2)cc1C. The Kier molecular flexibility index (Phi) is 5.00. The second-order valence-electron chi connectivity index (χ2n) is 6.28. The summed E-state index contributed by atoms with van der Waals surface area (Å²) in [5.74, 6) is 0.737. The zero-order chi connectivity index (χ0) is 13.8. The summed E-state index contributed by atoms with van der Waals surface area (Å²) in [5.41, 5.74) is 4.31. The summed E-state index contributed by atoms with van der Waals surface area (Å²) in [6.45, 7) is 13.7.